The Morgan fingerprint density at radius 2 is 2.09 bits per heavy atom. The smallest absolute Gasteiger partial charge is 0.245 e. The number of amides is 2. The fourth-order valence-corrected chi connectivity index (χ4v) is 3.05. The van der Waals surface area contributed by atoms with Gasteiger partial charge in [-0.15, -0.1) is 0 Å². The Balaban J connectivity index is 1.91. The zero-order valence-corrected chi connectivity index (χ0v) is 14.0. The van der Waals surface area contributed by atoms with Gasteiger partial charge in [0.2, 0.25) is 11.8 Å². The van der Waals surface area contributed by atoms with Crippen molar-refractivity contribution >= 4 is 11.8 Å². The van der Waals surface area contributed by atoms with E-state index in [0.717, 1.165) is 12.8 Å². The number of carbonyl (C=O) groups excluding carboxylic acids is 2. The molecule has 0 spiro atoms. The van der Waals surface area contributed by atoms with Gasteiger partial charge in [-0.25, -0.2) is 0 Å². The van der Waals surface area contributed by atoms with Crippen LogP contribution in [0.3, 0.4) is 0 Å². The van der Waals surface area contributed by atoms with E-state index in [9.17, 15) is 9.59 Å². The van der Waals surface area contributed by atoms with Gasteiger partial charge in [0.05, 0.1) is 6.61 Å². The molecule has 126 valence electrons. The highest BCUT2D eigenvalue weighted by Gasteiger charge is 2.46. The topological polar surface area (TPSA) is 58.6 Å². The molecule has 1 N–H and O–H groups in total. The Bertz CT molecular complexity index is 532. The molecule has 1 fully saturated rings. The van der Waals surface area contributed by atoms with Crippen LogP contribution in [-0.2, 0) is 20.7 Å². The van der Waals surface area contributed by atoms with Crippen molar-refractivity contribution in [1.29, 1.82) is 0 Å². The lowest BCUT2D eigenvalue weighted by molar-refractivity contribution is -0.140. The Labute approximate surface area is 138 Å². The summed E-state index contributed by atoms with van der Waals surface area (Å²) in [6, 6.07) is 10.2. The minimum absolute atomic E-state index is 0.0717. The third kappa shape index (κ3) is 4.32. The van der Waals surface area contributed by atoms with E-state index < -0.39 is 5.54 Å². The lowest BCUT2D eigenvalue weighted by atomic mass is 9.97. The average Bonchev–Trinajstić information content (AvgIpc) is 2.85. The number of hydrogen-bond donors (Lipinski definition) is 1. The van der Waals surface area contributed by atoms with E-state index >= 15 is 0 Å². The van der Waals surface area contributed by atoms with Crippen molar-refractivity contribution < 1.29 is 14.3 Å². The van der Waals surface area contributed by atoms with Crippen LogP contribution in [0.1, 0.15) is 31.7 Å². The Morgan fingerprint density at radius 1 is 1.35 bits per heavy atom. The number of methoxy groups -OCH3 is 1. The Hall–Kier alpha value is -1.88. The van der Waals surface area contributed by atoms with Gasteiger partial charge in [0.15, 0.2) is 0 Å². The quantitative estimate of drug-likeness (QED) is 0.743. The van der Waals surface area contributed by atoms with Gasteiger partial charge in [-0.3, -0.25) is 9.59 Å². The number of carbonyl (C=O) groups is 2. The Morgan fingerprint density at radius 3 is 2.78 bits per heavy atom. The summed E-state index contributed by atoms with van der Waals surface area (Å²) in [5.74, 6) is -0.0115. The number of nitrogens with one attached hydrogen (secondary N) is 1. The van der Waals surface area contributed by atoms with Crippen LogP contribution in [-0.4, -0.2) is 49.1 Å². The molecule has 2 rings (SSSR count). The van der Waals surface area contributed by atoms with Crippen LogP contribution in [0, 0.1) is 0 Å². The molecule has 1 saturated heterocycles. The van der Waals surface area contributed by atoms with Crippen LogP contribution in [0.15, 0.2) is 30.3 Å². The molecule has 5 nitrogen and oxygen atoms in total. The summed E-state index contributed by atoms with van der Waals surface area (Å²) >= 11 is 0. The first-order valence-corrected chi connectivity index (χ1v) is 8.19. The third-order valence-corrected chi connectivity index (χ3v) is 4.49. The molecule has 1 heterocycles. The SMILES string of the molecule is COCCNC(=O)[C@@]1(C)CCC(=O)N1CCCc1ccccc1. The van der Waals surface area contributed by atoms with Gasteiger partial charge in [0, 0.05) is 26.6 Å². The average molecular weight is 318 g/mol. The van der Waals surface area contributed by atoms with Gasteiger partial charge in [-0.2, -0.15) is 0 Å². The first-order valence-electron chi connectivity index (χ1n) is 8.19. The largest absolute Gasteiger partial charge is 0.383 e. The van der Waals surface area contributed by atoms with Crippen molar-refractivity contribution in [3.63, 3.8) is 0 Å². The van der Waals surface area contributed by atoms with Crippen molar-refractivity contribution in [3.05, 3.63) is 35.9 Å². The van der Waals surface area contributed by atoms with E-state index in [2.05, 4.69) is 17.4 Å². The zero-order valence-electron chi connectivity index (χ0n) is 14.0. The van der Waals surface area contributed by atoms with E-state index in [-0.39, 0.29) is 11.8 Å². The van der Waals surface area contributed by atoms with Crippen molar-refractivity contribution in [1.82, 2.24) is 10.2 Å². The number of aryl methyl sites for hydroxylation is 1. The lowest BCUT2D eigenvalue weighted by Gasteiger charge is -2.34. The number of rotatable bonds is 8. The zero-order chi connectivity index (χ0) is 16.7. The summed E-state index contributed by atoms with van der Waals surface area (Å²) in [6.45, 7) is 3.42. The first kappa shape index (κ1) is 17.5. The van der Waals surface area contributed by atoms with E-state index in [1.165, 1.54) is 5.56 Å². The van der Waals surface area contributed by atoms with Gasteiger partial charge in [-0.1, -0.05) is 30.3 Å². The molecule has 23 heavy (non-hydrogen) atoms. The van der Waals surface area contributed by atoms with Gasteiger partial charge < -0.3 is 15.0 Å². The molecule has 1 aliphatic heterocycles. The van der Waals surface area contributed by atoms with Gasteiger partial charge in [0.1, 0.15) is 5.54 Å². The van der Waals surface area contributed by atoms with Crippen molar-refractivity contribution in [2.24, 2.45) is 0 Å². The first-order chi connectivity index (χ1) is 11.1. The highest BCUT2D eigenvalue weighted by molar-refractivity contribution is 5.94. The predicted molar refractivity (Wildman–Crippen MR) is 89.0 cm³/mol. The molecule has 1 atom stereocenters. The second kappa shape index (κ2) is 8.11. The van der Waals surface area contributed by atoms with E-state index in [0.29, 0.717) is 32.5 Å². The second-order valence-electron chi connectivity index (χ2n) is 6.16. The summed E-state index contributed by atoms with van der Waals surface area (Å²) in [5, 5.41) is 2.87. The molecule has 0 aliphatic carbocycles. The van der Waals surface area contributed by atoms with Gasteiger partial charge >= 0.3 is 0 Å². The fraction of sp³-hybridized carbons (Fsp3) is 0.556. The molecular weight excluding hydrogens is 292 g/mol. The van der Waals surface area contributed by atoms with E-state index in [4.69, 9.17) is 4.74 Å². The van der Waals surface area contributed by atoms with Crippen LogP contribution in [0.2, 0.25) is 0 Å². The van der Waals surface area contributed by atoms with Crippen molar-refractivity contribution in [2.75, 3.05) is 26.8 Å². The summed E-state index contributed by atoms with van der Waals surface area (Å²) in [4.78, 5) is 26.4. The Kier molecular flexibility index (Phi) is 6.16. The monoisotopic (exact) mass is 318 g/mol. The summed E-state index contributed by atoms with van der Waals surface area (Å²) in [6.07, 6.45) is 2.79. The van der Waals surface area contributed by atoms with Crippen LogP contribution in [0.4, 0.5) is 0 Å². The molecule has 0 unspecified atom stereocenters. The highest BCUT2D eigenvalue weighted by atomic mass is 16.5. The molecule has 0 radical (unpaired) electrons. The molecule has 0 saturated carbocycles. The number of hydrogen-bond acceptors (Lipinski definition) is 3. The van der Waals surface area contributed by atoms with E-state index in [1.54, 1.807) is 12.0 Å². The fourth-order valence-electron chi connectivity index (χ4n) is 3.05. The maximum absolute atomic E-state index is 12.5. The molecule has 1 aromatic rings. The standard InChI is InChI=1S/C18H26N2O3/c1-18(17(22)19-12-14-23-2)11-10-16(21)20(18)13-6-9-15-7-4-3-5-8-15/h3-5,7-8H,6,9-14H2,1-2H3,(H,19,22)/t18-/m1/s1. The molecule has 5 heteroatoms. The van der Waals surface area contributed by atoms with Crippen LogP contribution >= 0.6 is 0 Å². The molecule has 1 aliphatic rings. The minimum atomic E-state index is -0.735. The second-order valence-corrected chi connectivity index (χ2v) is 6.16. The number of likely N-dealkylation sites (tertiary alicyclic amines) is 1. The summed E-state index contributed by atoms with van der Waals surface area (Å²) < 4.78 is 4.95. The maximum atomic E-state index is 12.5. The normalized spacial score (nSPS) is 20.8. The predicted octanol–water partition coefficient (Wildman–Crippen LogP) is 1.76. The van der Waals surface area contributed by atoms with Crippen LogP contribution in [0.5, 0.6) is 0 Å². The number of ether oxygens (including phenoxy) is 1. The van der Waals surface area contributed by atoms with Crippen molar-refractivity contribution in [2.45, 2.75) is 38.1 Å². The lowest BCUT2D eigenvalue weighted by Crippen LogP contribution is -2.55. The highest BCUT2D eigenvalue weighted by Crippen LogP contribution is 2.30. The van der Waals surface area contributed by atoms with E-state index in [1.807, 2.05) is 25.1 Å². The maximum Gasteiger partial charge on any atom is 0.245 e. The molecule has 2 amide bonds. The molecular formula is C18H26N2O3. The van der Waals surface area contributed by atoms with Gasteiger partial charge in [0.25, 0.3) is 0 Å². The molecule has 1 aromatic carbocycles. The summed E-state index contributed by atoms with van der Waals surface area (Å²) in [7, 11) is 1.60. The van der Waals surface area contributed by atoms with Crippen molar-refractivity contribution in [3.8, 4) is 0 Å². The third-order valence-electron chi connectivity index (χ3n) is 4.49. The number of nitrogens with zero attached hydrogens (tertiary/aromatic N) is 1. The summed E-state index contributed by atoms with van der Waals surface area (Å²) in [5.41, 5.74) is 0.520. The van der Waals surface area contributed by atoms with Gasteiger partial charge in [-0.05, 0) is 31.7 Å². The minimum Gasteiger partial charge on any atom is -0.383 e. The molecule has 0 aromatic heterocycles. The van der Waals surface area contributed by atoms with Crippen LogP contribution < -0.4 is 5.32 Å². The van der Waals surface area contributed by atoms with Crippen LogP contribution in [0.25, 0.3) is 0 Å². The number of benzene rings is 1. The molecule has 0 bridgehead atoms.